The van der Waals surface area contributed by atoms with E-state index in [0.29, 0.717) is 18.1 Å². The van der Waals surface area contributed by atoms with Gasteiger partial charge >= 0.3 is 5.97 Å². The zero-order valence-electron chi connectivity index (χ0n) is 16.9. The fraction of sp³-hybridized carbons (Fsp3) is 0.304. The summed E-state index contributed by atoms with van der Waals surface area (Å²) >= 11 is 0. The minimum atomic E-state index is -0.323. The Morgan fingerprint density at radius 1 is 1.10 bits per heavy atom. The molecule has 0 unspecified atom stereocenters. The second-order valence-electron chi connectivity index (χ2n) is 7.51. The van der Waals surface area contributed by atoms with E-state index in [1.165, 1.54) is 0 Å². The van der Waals surface area contributed by atoms with Gasteiger partial charge in [-0.25, -0.2) is 4.79 Å². The van der Waals surface area contributed by atoms with Gasteiger partial charge in [-0.05, 0) is 38.0 Å². The Kier molecular flexibility index (Phi) is 4.78. The summed E-state index contributed by atoms with van der Waals surface area (Å²) in [4.78, 5) is 19.4. The molecule has 7 heteroatoms. The molecule has 30 heavy (non-hydrogen) atoms. The number of carbonyl (C=O) groups excluding carboxylic acids is 1. The Morgan fingerprint density at radius 2 is 1.90 bits per heavy atom. The third kappa shape index (κ3) is 3.16. The number of carbonyl (C=O) groups is 1. The second kappa shape index (κ2) is 7.74. The lowest BCUT2D eigenvalue weighted by molar-refractivity contribution is 0.0526. The van der Waals surface area contributed by atoms with Gasteiger partial charge in [-0.3, -0.25) is 9.38 Å². The summed E-state index contributed by atoms with van der Waals surface area (Å²) in [5.74, 6) is 1.02. The number of esters is 1. The van der Waals surface area contributed by atoms with Crippen LogP contribution in [0.1, 0.15) is 41.9 Å². The van der Waals surface area contributed by atoms with Crippen LogP contribution in [0.25, 0.3) is 16.6 Å². The van der Waals surface area contributed by atoms with Crippen molar-refractivity contribution in [3.63, 3.8) is 0 Å². The topological polar surface area (TPSA) is 72.6 Å². The molecule has 0 atom stereocenters. The average Bonchev–Trinajstić information content (AvgIpc) is 3.23. The van der Waals surface area contributed by atoms with Crippen LogP contribution in [-0.2, 0) is 4.74 Å². The normalized spacial score (nSPS) is 15.0. The Hall–Kier alpha value is -3.48. The smallest absolute Gasteiger partial charge is 0.341 e. The highest BCUT2D eigenvalue weighted by Crippen LogP contribution is 2.35. The lowest BCUT2D eigenvalue weighted by Gasteiger charge is -2.34. The number of benzene rings is 1. The van der Waals surface area contributed by atoms with E-state index in [1.54, 1.807) is 6.20 Å². The minimum absolute atomic E-state index is 0.323. The number of hydrogen-bond donors (Lipinski definition) is 0. The van der Waals surface area contributed by atoms with Gasteiger partial charge in [0.15, 0.2) is 5.65 Å². The number of pyridine rings is 2. The monoisotopic (exact) mass is 401 g/mol. The summed E-state index contributed by atoms with van der Waals surface area (Å²) < 4.78 is 7.38. The number of ether oxygens (including phenoxy) is 1. The van der Waals surface area contributed by atoms with Crippen LogP contribution in [-0.4, -0.2) is 45.2 Å². The molecule has 0 bridgehead atoms. The van der Waals surface area contributed by atoms with Gasteiger partial charge in [0.2, 0.25) is 0 Å². The molecule has 1 aromatic carbocycles. The molecule has 1 fully saturated rings. The molecule has 0 amide bonds. The van der Waals surface area contributed by atoms with E-state index in [-0.39, 0.29) is 5.97 Å². The first-order chi connectivity index (χ1) is 14.8. The molecule has 4 aromatic rings. The first-order valence-corrected chi connectivity index (χ1v) is 10.4. The van der Waals surface area contributed by atoms with Crippen LogP contribution in [0.5, 0.6) is 0 Å². The highest BCUT2D eigenvalue weighted by molar-refractivity contribution is 6.05. The summed E-state index contributed by atoms with van der Waals surface area (Å²) in [7, 11) is 0. The third-order valence-electron chi connectivity index (χ3n) is 5.76. The molecule has 0 aliphatic carbocycles. The van der Waals surface area contributed by atoms with Crippen molar-refractivity contribution in [2.24, 2.45) is 0 Å². The molecule has 4 heterocycles. The van der Waals surface area contributed by atoms with Crippen LogP contribution in [0.2, 0.25) is 0 Å². The first kappa shape index (κ1) is 18.5. The van der Waals surface area contributed by atoms with Crippen molar-refractivity contribution < 1.29 is 9.53 Å². The predicted octanol–water partition coefficient (Wildman–Crippen LogP) is 3.84. The van der Waals surface area contributed by atoms with Gasteiger partial charge in [-0.2, -0.15) is 0 Å². The largest absolute Gasteiger partial charge is 0.462 e. The van der Waals surface area contributed by atoms with Crippen LogP contribution in [0.4, 0.5) is 5.69 Å². The van der Waals surface area contributed by atoms with E-state index >= 15 is 0 Å². The number of para-hydroxylation sites is 1. The number of anilines is 1. The molecule has 7 nitrogen and oxygen atoms in total. The van der Waals surface area contributed by atoms with Gasteiger partial charge in [0.1, 0.15) is 11.4 Å². The maximum absolute atomic E-state index is 12.6. The van der Waals surface area contributed by atoms with E-state index in [2.05, 4.69) is 24.5 Å². The van der Waals surface area contributed by atoms with Crippen molar-refractivity contribution in [3.8, 4) is 0 Å². The van der Waals surface area contributed by atoms with Gasteiger partial charge < -0.3 is 9.64 Å². The van der Waals surface area contributed by atoms with Gasteiger partial charge in [0, 0.05) is 36.8 Å². The van der Waals surface area contributed by atoms with Gasteiger partial charge in [-0.15, -0.1) is 10.2 Å². The predicted molar refractivity (Wildman–Crippen MR) is 115 cm³/mol. The summed E-state index contributed by atoms with van der Waals surface area (Å²) in [5.41, 5.74) is 3.20. The molecule has 5 rings (SSSR count). The van der Waals surface area contributed by atoms with Crippen LogP contribution < -0.4 is 4.90 Å². The SMILES string of the molecule is CCOC(=O)c1cnc2ccccc2c1N1CCC(c2nnc3ccccn23)CC1. The molecular weight excluding hydrogens is 378 g/mol. The molecule has 1 saturated heterocycles. The average molecular weight is 401 g/mol. The quantitative estimate of drug-likeness (QED) is 0.484. The lowest BCUT2D eigenvalue weighted by Crippen LogP contribution is -2.34. The van der Waals surface area contributed by atoms with E-state index in [0.717, 1.165) is 54.0 Å². The Bertz CT molecular complexity index is 1210. The van der Waals surface area contributed by atoms with Crippen molar-refractivity contribution in [1.29, 1.82) is 0 Å². The molecule has 0 spiro atoms. The molecule has 1 aliphatic heterocycles. The first-order valence-electron chi connectivity index (χ1n) is 10.4. The van der Waals surface area contributed by atoms with Crippen LogP contribution in [0, 0.1) is 0 Å². The molecule has 0 saturated carbocycles. The molecule has 152 valence electrons. The Morgan fingerprint density at radius 3 is 2.73 bits per heavy atom. The number of rotatable bonds is 4. The summed E-state index contributed by atoms with van der Waals surface area (Å²) in [5, 5.41) is 9.73. The Labute approximate surface area is 174 Å². The van der Waals surface area contributed by atoms with Crippen molar-refractivity contribution in [2.45, 2.75) is 25.7 Å². The zero-order valence-corrected chi connectivity index (χ0v) is 16.9. The fourth-order valence-electron chi connectivity index (χ4n) is 4.33. The van der Waals surface area contributed by atoms with Crippen LogP contribution >= 0.6 is 0 Å². The fourth-order valence-corrected chi connectivity index (χ4v) is 4.33. The summed E-state index contributed by atoms with van der Waals surface area (Å²) in [6.45, 7) is 3.81. The number of aromatic nitrogens is 4. The Balaban J connectivity index is 1.47. The number of piperidine rings is 1. The van der Waals surface area contributed by atoms with E-state index < -0.39 is 0 Å². The van der Waals surface area contributed by atoms with Crippen molar-refractivity contribution >= 4 is 28.2 Å². The maximum Gasteiger partial charge on any atom is 0.341 e. The van der Waals surface area contributed by atoms with Gasteiger partial charge in [0.05, 0.1) is 17.8 Å². The van der Waals surface area contributed by atoms with Crippen LogP contribution in [0.3, 0.4) is 0 Å². The number of nitrogens with zero attached hydrogens (tertiary/aromatic N) is 5. The number of hydrogen-bond acceptors (Lipinski definition) is 6. The van der Waals surface area contributed by atoms with E-state index in [9.17, 15) is 4.79 Å². The number of fused-ring (bicyclic) bond motifs is 2. The van der Waals surface area contributed by atoms with Crippen molar-refractivity contribution in [1.82, 2.24) is 19.6 Å². The molecule has 0 N–H and O–H groups in total. The highest BCUT2D eigenvalue weighted by Gasteiger charge is 2.28. The molecule has 1 aliphatic rings. The zero-order chi connectivity index (χ0) is 20.5. The summed E-state index contributed by atoms with van der Waals surface area (Å²) in [6.07, 6.45) is 5.54. The molecular formula is C23H23N5O2. The molecule has 0 radical (unpaired) electrons. The van der Waals surface area contributed by atoms with E-state index in [4.69, 9.17) is 4.74 Å². The summed E-state index contributed by atoms with van der Waals surface area (Å²) in [6, 6.07) is 13.9. The standard InChI is InChI=1S/C23H23N5O2/c1-2-30-23(29)18-15-24-19-8-4-3-7-17(19)21(18)27-13-10-16(11-14-27)22-26-25-20-9-5-6-12-28(20)22/h3-9,12,15-16H,2,10-11,13-14H2,1H3. The third-order valence-corrected chi connectivity index (χ3v) is 5.76. The lowest BCUT2D eigenvalue weighted by atomic mass is 9.94. The molecule has 3 aromatic heterocycles. The minimum Gasteiger partial charge on any atom is -0.462 e. The van der Waals surface area contributed by atoms with Crippen molar-refractivity contribution in [3.05, 3.63) is 66.2 Å². The van der Waals surface area contributed by atoms with Gasteiger partial charge in [0.25, 0.3) is 0 Å². The van der Waals surface area contributed by atoms with E-state index in [1.807, 2.05) is 55.6 Å². The highest BCUT2D eigenvalue weighted by atomic mass is 16.5. The maximum atomic E-state index is 12.6. The van der Waals surface area contributed by atoms with Crippen LogP contribution in [0.15, 0.2) is 54.9 Å². The van der Waals surface area contributed by atoms with Crippen molar-refractivity contribution in [2.75, 3.05) is 24.6 Å². The second-order valence-corrected chi connectivity index (χ2v) is 7.51. The van der Waals surface area contributed by atoms with Gasteiger partial charge in [-0.1, -0.05) is 24.3 Å².